The van der Waals surface area contributed by atoms with Crippen LogP contribution in [0.3, 0.4) is 0 Å². The molecule has 5 nitrogen and oxygen atoms in total. The van der Waals surface area contributed by atoms with E-state index in [-0.39, 0.29) is 0 Å². The third-order valence-electron chi connectivity index (χ3n) is 3.12. The highest BCUT2D eigenvalue weighted by atomic mass is 16.5. The second-order valence-corrected chi connectivity index (χ2v) is 4.67. The Morgan fingerprint density at radius 1 is 1.14 bits per heavy atom. The fraction of sp³-hybridized carbons (Fsp3) is 0.312. The van der Waals surface area contributed by atoms with Gasteiger partial charge in [-0.1, -0.05) is 6.92 Å². The first-order valence-corrected chi connectivity index (χ1v) is 6.92. The van der Waals surface area contributed by atoms with Gasteiger partial charge in [-0.15, -0.1) is 0 Å². The molecule has 2 rings (SSSR count). The Kier molecular flexibility index (Phi) is 4.87. The second-order valence-electron chi connectivity index (χ2n) is 4.67. The third-order valence-corrected chi connectivity index (χ3v) is 3.12. The van der Waals surface area contributed by atoms with Gasteiger partial charge in [-0.2, -0.15) is 4.98 Å². The highest BCUT2D eigenvalue weighted by Gasteiger charge is 2.09. The minimum Gasteiger partial charge on any atom is -0.497 e. The number of anilines is 3. The minimum atomic E-state index is 0.481. The van der Waals surface area contributed by atoms with Gasteiger partial charge in [0.25, 0.3) is 0 Å². The van der Waals surface area contributed by atoms with Crippen molar-refractivity contribution in [3.05, 3.63) is 36.4 Å². The van der Waals surface area contributed by atoms with E-state index in [0.29, 0.717) is 18.2 Å². The van der Waals surface area contributed by atoms with Gasteiger partial charge in [0.15, 0.2) is 0 Å². The van der Waals surface area contributed by atoms with Gasteiger partial charge in [-0.25, -0.2) is 0 Å². The third kappa shape index (κ3) is 3.56. The van der Waals surface area contributed by atoms with Crippen molar-refractivity contribution < 1.29 is 9.47 Å². The predicted octanol–water partition coefficient (Wildman–Crippen LogP) is 3.23. The number of nitrogens with zero attached hydrogens (tertiary/aromatic N) is 2. The topological polar surface area (TPSA) is 60.6 Å². The maximum atomic E-state index is 5.88. The maximum Gasteiger partial charge on any atom is 0.239 e. The largest absolute Gasteiger partial charge is 0.497 e. The molecule has 1 heterocycles. The van der Waals surface area contributed by atoms with E-state index < -0.39 is 0 Å². The Bertz CT molecular complexity index is 585. The Labute approximate surface area is 125 Å². The zero-order valence-electron chi connectivity index (χ0n) is 12.7. The fourth-order valence-electron chi connectivity index (χ4n) is 1.88. The molecule has 21 heavy (non-hydrogen) atoms. The number of aromatic nitrogens is 1. The summed E-state index contributed by atoms with van der Waals surface area (Å²) in [5.41, 5.74) is 7.44. The van der Waals surface area contributed by atoms with Crippen molar-refractivity contribution in [3.8, 4) is 11.6 Å². The van der Waals surface area contributed by atoms with Gasteiger partial charge in [-0.3, -0.25) is 0 Å². The van der Waals surface area contributed by atoms with Gasteiger partial charge in [0, 0.05) is 12.7 Å². The molecule has 5 heteroatoms. The molecule has 0 amide bonds. The quantitative estimate of drug-likeness (QED) is 0.884. The molecule has 0 spiro atoms. The number of hydrogen-bond donors (Lipinski definition) is 1. The first-order valence-electron chi connectivity index (χ1n) is 6.92. The molecule has 0 radical (unpaired) electrons. The number of nitrogens with two attached hydrogens (primary N) is 1. The fourth-order valence-corrected chi connectivity index (χ4v) is 1.88. The molecule has 0 fully saturated rings. The van der Waals surface area contributed by atoms with Crippen LogP contribution in [0.4, 0.5) is 17.2 Å². The van der Waals surface area contributed by atoms with Gasteiger partial charge in [0.05, 0.1) is 19.4 Å². The van der Waals surface area contributed by atoms with Crippen molar-refractivity contribution >= 4 is 17.2 Å². The summed E-state index contributed by atoms with van der Waals surface area (Å²) in [6.45, 7) is 2.65. The van der Waals surface area contributed by atoms with Crippen LogP contribution in [0.15, 0.2) is 36.4 Å². The molecule has 0 unspecified atom stereocenters. The molecule has 1 aromatic carbocycles. The van der Waals surface area contributed by atoms with Crippen LogP contribution in [-0.2, 0) is 0 Å². The summed E-state index contributed by atoms with van der Waals surface area (Å²) in [5.74, 6) is 2.08. The van der Waals surface area contributed by atoms with E-state index in [1.807, 2.05) is 55.3 Å². The molecule has 0 bridgehead atoms. The normalized spacial score (nSPS) is 10.2. The molecular weight excluding hydrogens is 266 g/mol. The Hall–Kier alpha value is -2.43. The molecule has 112 valence electrons. The molecule has 2 N–H and O–H groups in total. The monoisotopic (exact) mass is 287 g/mol. The van der Waals surface area contributed by atoms with Crippen molar-refractivity contribution in [3.63, 3.8) is 0 Å². The molecule has 0 saturated carbocycles. The molecule has 0 aliphatic carbocycles. The van der Waals surface area contributed by atoms with E-state index >= 15 is 0 Å². The smallest absolute Gasteiger partial charge is 0.239 e. The van der Waals surface area contributed by atoms with Crippen molar-refractivity contribution in [2.24, 2.45) is 0 Å². The van der Waals surface area contributed by atoms with E-state index in [2.05, 4.69) is 4.98 Å². The van der Waals surface area contributed by atoms with E-state index in [9.17, 15) is 0 Å². The lowest BCUT2D eigenvalue weighted by Gasteiger charge is -2.19. The van der Waals surface area contributed by atoms with Gasteiger partial charge in [0.1, 0.15) is 11.6 Å². The van der Waals surface area contributed by atoms with Crippen LogP contribution in [0, 0.1) is 0 Å². The predicted molar refractivity (Wildman–Crippen MR) is 85.5 cm³/mol. The molecule has 0 aliphatic rings. The lowest BCUT2D eigenvalue weighted by atomic mass is 10.2. The zero-order valence-corrected chi connectivity index (χ0v) is 12.7. The summed E-state index contributed by atoms with van der Waals surface area (Å²) in [4.78, 5) is 6.45. The minimum absolute atomic E-state index is 0.481. The molecule has 0 aliphatic heterocycles. The molecule has 1 aromatic heterocycles. The van der Waals surface area contributed by atoms with Crippen LogP contribution in [0.25, 0.3) is 0 Å². The van der Waals surface area contributed by atoms with Crippen LogP contribution in [0.5, 0.6) is 11.6 Å². The number of methoxy groups -OCH3 is 1. The summed E-state index contributed by atoms with van der Waals surface area (Å²) < 4.78 is 10.7. The summed E-state index contributed by atoms with van der Waals surface area (Å²) in [5, 5.41) is 0. The lowest BCUT2D eigenvalue weighted by molar-refractivity contribution is 0.307. The van der Waals surface area contributed by atoms with Crippen LogP contribution in [0.1, 0.15) is 13.3 Å². The first kappa shape index (κ1) is 15.0. The summed E-state index contributed by atoms with van der Waals surface area (Å²) in [6, 6.07) is 11.5. The standard InChI is InChI=1S/C16H21N3O2/c1-4-11-21-16-14(17)9-10-15(18-16)19(2)12-5-7-13(20-3)8-6-12/h5-10H,4,11,17H2,1-3H3. The highest BCUT2D eigenvalue weighted by molar-refractivity contribution is 5.63. The Morgan fingerprint density at radius 2 is 1.86 bits per heavy atom. The van der Waals surface area contributed by atoms with Crippen molar-refractivity contribution in [2.45, 2.75) is 13.3 Å². The van der Waals surface area contributed by atoms with Gasteiger partial charge in [0.2, 0.25) is 5.88 Å². The Balaban J connectivity index is 2.23. The van der Waals surface area contributed by atoms with E-state index in [4.69, 9.17) is 15.2 Å². The van der Waals surface area contributed by atoms with Crippen LogP contribution >= 0.6 is 0 Å². The Morgan fingerprint density at radius 3 is 2.48 bits per heavy atom. The molecule has 0 atom stereocenters. The average molecular weight is 287 g/mol. The summed E-state index contributed by atoms with van der Waals surface area (Å²) in [7, 11) is 3.60. The number of nitrogen functional groups attached to an aromatic ring is 1. The number of ether oxygens (including phenoxy) is 2. The van der Waals surface area contributed by atoms with Crippen molar-refractivity contribution in [2.75, 3.05) is 31.4 Å². The van der Waals surface area contributed by atoms with E-state index in [1.54, 1.807) is 7.11 Å². The number of pyridine rings is 1. The second kappa shape index (κ2) is 6.83. The number of hydrogen-bond acceptors (Lipinski definition) is 5. The molecule has 0 saturated heterocycles. The first-order chi connectivity index (χ1) is 10.2. The maximum absolute atomic E-state index is 5.88. The van der Waals surface area contributed by atoms with E-state index in [0.717, 1.165) is 23.7 Å². The van der Waals surface area contributed by atoms with Crippen LogP contribution < -0.4 is 20.1 Å². The van der Waals surface area contributed by atoms with Crippen LogP contribution in [-0.4, -0.2) is 25.7 Å². The van der Waals surface area contributed by atoms with Gasteiger partial charge >= 0.3 is 0 Å². The van der Waals surface area contributed by atoms with Gasteiger partial charge in [-0.05, 0) is 42.8 Å². The van der Waals surface area contributed by atoms with E-state index in [1.165, 1.54) is 0 Å². The number of rotatable bonds is 6. The average Bonchev–Trinajstić information content (AvgIpc) is 2.53. The summed E-state index contributed by atoms with van der Waals surface area (Å²) in [6.07, 6.45) is 0.916. The summed E-state index contributed by atoms with van der Waals surface area (Å²) >= 11 is 0. The van der Waals surface area contributed by atoms with Crippen molar-refractivity contribution in [1.82, 2.24) is 4.98 Å². The van der Waals surface area contributed by atoms with Gasteiger partial charge < -0.3 is 20.1 Å². The lowest BCUT2D eigenvalue weighted by Crippen LogP contribution is -2.12. The van der Waals surface area contributed by atoms with Crippen molar-refractivity contribution in [1.29, 1.82) is 0 Å². The molecule has 2 aromatic rings. The van der Waals surface area contributed by atoms with Crippen LogP contribution in [0.2, 0.25) is 0 Å². The number of benzene rings is 1. The SMILES string of the molecule is CCCOc1nc(N(C)c2ccc(OC)cc2)ccc1N. The molecular formula is C16H21N3O2. The zero-order chi connectivity index (χ0) is 15.2. The highest BCUT2D eigenvalue weighted by Crippen LogP contribution is 2.28.